The number of amides is 1. The molecule has 0 saturated heterocycles. The molecule has 1 aliphatic heterocycles. The smallest absolute Gasteiger partial charge is 0.253 e. The van der Waals surface area contributed by atoms with E-state index in [1.165, 1.54) is 0 Å². The minimum absolute atomic E-state index is 0.0821. The third kappa shape index (κ3) is 5.52. The van der Waals surface area contributed by atoms with Crippen molar-refractivity contribution >= 4 is 18.3 Å². The number of anilines is 1. The molecule has 5 nitrogen and oxygen atoms in total. The maximum Gasteiger partial charge on any atom is 0.253 e. The number of hydrogen-bond acceptors (Lipinski definition) is 4. The SMILES string of the molecule is C=N/C=C\C(=C)Nc1cncc2c1CCNC2=O.CC.CC. The van der Waals surface area contributed by atoms with E-state index in [-0.39, 0.29) is 5.91 Å². The molecule has 0 bridgehead atoms. The van der Waals surface area contributed by atoms with Crippen LogP contribution in [-0.2, 0) is 6.42 Å². The predicted molar refractivity (Wildman–Crippen MR) is 94.4 cm³/mol. The molecule has 1 amide bonds. The molecule has 2 N–H and O–H groups in total. The second-order valence-electron chi connectivity index (χ2n) is 3.87. The molecule has 0 radical (unpaired) electrons. The minimum Gasteiger partial charge on any atom is -0.354 e. The molecule has 1 aromatic heterocycles. The summed E-state index contributed by atoms with van der Waals surface area (Å²) in [5.41, 5.74) is 3.06. The van der Waals surface area contributed by atoms with Gasteiger partial charge in [0, 0.05) is 24.6 Å². The molecule has 0 unspecified atom stereocenters. The molecule has 0 aliphatic carbocycles. The second-order valence-corrected chi connectivity index (χ2v) is 3.87. The van der Waals surface area contributed by atoms with E-state index < -0.39 is 0 Å². The first-order valence-electron chi connectivity index (χ1n) is 7.55. The summed E-state index contributed by atoms with van der Waals surface area (Å²) in [6, 6.07) is 0. The van der Waals surface area contributed by atoms with Gasteiger partial charge in [-0.25, -0.2) is 0 Å². The largest absolute Gasteiger partial charge is 0.354 e. The van der Waals surface area contributed by atoms with Crippen molar-refractivity contribution in [3.05, 3.63) is 48.1 Å². The van der Waals surface area contributed by atoms with Crippen LogP contribution in [0.4, 0.5) is 5.69 Å². The second kappa shape index (κ2) is 11.3. The molecule has 1 aliphatic rings. The van der Waals surface area contributed by atoms with Gasteiger partial charge in [-0.3, -0.25) is 14.8 Å². The van der Waals surface area contributed by atoms with Crippen molar-refractivity contribution < 1.29 is 4.79 Å². The van der Waals surface area contributed by atoms with Gasteiger partial charge in [0.25, 0.3) is 5.91 Å². The molecule has 0 atom stereocenters. The van der Waals surface area contributed by atoms with Gasteiger partial charge in [-0.15, -0.1) is 0 Å². The summed E-state index contributed by atoms with van der Waals surface area (Å²) >= 11 is 0. The number of hydrogen-bond donors (Lipinski definition) is 2. The lowest BCUT2D eigenvalue weighted by Gasteiger charge is -2.19. The van der Waals surface area contributed by atoms with Crippen LogP contribution >= 0.6 is 0 Å². The van der Waals surface area contributed by atoms with Crippen molar-refractivity contribution in [2.24, 2.45) is 4.99 Å². The van der Waals surface area contributed by atoms with Crippen molar-refractivity contribution in [3.8, 4) is 0 Å². The summed E-state index contributed by atoms with van der Waals surface area (Å²) in [5, 5.41) is 5.90. The summed E-state index contributed by atoms with van der Waals surface area (Å²) in [6.45, 7) is 15.8. The molecule has 0 saturated carbocycles. The Labute approximate surface area is 133 Å². The number of allylic oxidation sites excluding steroid dienone is 1. The topological polar surface area (TPSA) is 66.4 Å². The summed E-state index contributed by atoms with van der Waals surface area (Å²) in [4.78, 5) is 19.3. The zero-order valence-electron chi connectivity index (χ0n) is 13.9. The van der Waals surface area contributed by atoms with Gasteiger partial charge in [-0.2, -0.15) is 0 Å². The number of carbonyl (C=O) groups is 1. The quantitative estimate of drug-likeness (QED) is 0.660. The average Bonchev–Trinajstić information content (AvgIpc) is 2.58. The molecule has 22 heavy (non-hydrogen) atoms. The fourth-order valence-electron chi connectivity index (χ4n) is 1.81. The molecule has 5 heteroatoms. The van der Waals surface area contributed by atoms with E-state index in [1.54, 1.807) is 24.7 Å². The van der Waals surface area contributed by atoms with Gasteiger partial charge in [0.1, 0.15) is 0 Å². The lowest BCUT2D eigenvalue weighted by atomic mass is 10.0. The zero-order valence-corrected chi connectivity index (χ0v) is 13.9. The number of pyridine rings is 1. The zero-order chi connectivity index (χ0) is 17.0. The molecular formula is C17H26N4O. The Kier molecular flexibility index (Phi) is 10.0. The first-order valence-corrected chi connectivity index (χ1v) is 7.55. The van der Waals surface area contributed by atoms with E-state index in [0.29, 0.717) is 17.8 Å². The summed E-state index contributed by atoms with van der Waals surface area (Å²) in [6.07, 6.45) is 7.31. The van der Waals surface area contributed by atoms with Gasteiger partial charge in [-0.1, -0.05) is 34.3 Å². The highest BCUT2D eigenvalue weighted by Gasteiger charge is 2.19. The van der Waals surface area contributed by atoms with Gasteiger partial charge in [0.15, 0.2) is 0 Å². The van der Waals surface area contributed by atoms with E-state index in [2.05, 4.69) is 33.9 Å². The van der Waals surface area contributed by atoms with Gasteiger partial charge >= 0.3 is 0 Å². The lowest BCUT2D eigenvalue weighted by Crippen LogP contribution is -2.32. The molecule has 0 aromatic carbocycles. The third-order valence-corrected chi connectivity index (χ3v) is 2.64. The van der Waals surface area contributed by atoms with Gasteiger partial charge in [0.05, 0.1) is 17.4 Å². The Hall–Kier alpha value is -2.43. The van der Waals surface area contributed by atoms with E-state index in [1.807, 2.05) is 27.7 Å². The fourth-order valence-corrected chi connectivity index (χ4v) is 1.81. The number of carbonyl (C=O) groups excluding carboxylic acids is 1. The Morgan fingerprint density at radius 1 is 1.36 bits per heavy atom. The van der Waals surface area contributed by atoms with Gasteiger partial charge in [-0.05, 0) is 24.8 Å². The Balaban J connectivity index is 0.00000102. The van der Waals surface area contributed by atoms with Gasteiger partial charge in [0.2, 0.25) is 0 Å². The van der Waals surface area contributed by atoms with Crippen LogP contribution in [0.15, 0.2) is 41.9 Å². The first-order chi connectivity index (χ1) is 10.7. The summed E-state index contributed by atoms with van der Waals surface area (Å²) < 4.78 is 0. The number of rotatable bonds is 4. The third-order valence-electron chi connectivity index (χ3n) is 2.64. The van der Waals surface area contributed by atoms with Crippen LogP contribution in [0.1, 0.15) is 43.6 Å². The van der Waals surface area contributed by atoms with Crippen molar-refractivity contribution in [2.75, 3.05) is 11.9 Å². The van der Waals surface area contributed by atoms with Crippen molar-refractivity contribution in [1.29, 1.82) is 0 Å². The van der Waals surface area contributed by atoms with E-state index in [4.69, 9.17) is 0 Å². The number of fused-ring (bicyclic) bond motifs is 1. The lowest BCUT2D eigenvalue weighted by molar-refractivity contribution is 0.0945. The Morgan fingerprint density at radius 3 is 2.68 bits per heavy atom. The molecule has 0 spiro atoms. The van der Waals surface area contributed by atoms with Crippen molar-refractivity contribution in [3.63, 3.8) is 0 Å². The normalized spacial score (nSPS) is 11.9. The summed E-state index contributed by atoms with van der Waals surface area (Å²) in [5.74, 6) is -0.0821. The van der Waals surface area contributed by atoms with Crippen LogP contribution in [0.3, 0.4) is 0 Å². The first kappa shape index (κ1) is 19.6. The number of aliphatic imine (C=N–C) groups is 1. The number of aromatic nitrogens is 1. The van der Waals surface area contributed by atoms with Crippen LogP contribution in [0.5, 0.6) is 0 Å². The maximum atomic E-state index is 11.7. The van der Waals surface area contributed by atoms with Gasteiger partial charge < -0.3 is 10.6 Å². The van der Waals surface area contributed by atoms with Crippen LogP contribution in [0.25, 0.3) is 0 Å². The van der Waals surface area contributed by atoms with Crippen LogP contribution in [0, 0.1) is 0 Å². The Morgan fingerprint density at radius 2 is 2.05 bits per heavy atom. The Bertz CT molecular complexity index is 535. The minimum atomic E-state index is -0.0821. The van der Waals surface area contributed by atoms with Crippen molar-refractivity contribution in [1.82, 2.24) is 10.3 Å². The van der Waals surface area contributed by atoms with E-state index in [0.717, 1.165) is 17.7 Å². The maximum absolute atomic E-state index is 11.7. The highest BCUT2D eigenvalue weighted by Crippen LogP contribution is 2.22. The summed E-state index contributed by atoms with van der Waals surface area (Å²) in [7, 11) is 0. The highest BCUT2D eigenvalue weighted by molar-refractivity contribution is 5.97. The van der Waals surface area contributed by atoms with Crippen LogP contribution in [-0.4, -0.2) is 24.2 Å². The molecular weight excluding hydrogens is 276 g/mol. The highest BCUT2D eigenvalue weighted by atomic mass is 16.1. The number of nitrogens with one attached hydrogen (secondary N) is 2. The fraction of sp³-hybridized carbons (Fsp3) is 0.353. The van der Waals surface area contributed by atoms with E-state index >= 15 is 0 Å². The monoisotopic (exact) mass is 302 g/mol. The van der Waals surface area contributed by atoms with Crippen LogP contribution in [0.2, 0.25) is 0 Å². The molecule has 2 rings (SSSR count). The van der Waals surface area contributed by atoms with Crippen LogP contribution < -0.4 is 10.6 Å². The molecule has 0 fully saturated rings. The average molecular weight is 302 g/mol. The van der Waals surface area contributed by atoms with E-state index in [9.17, 15) is 4.79 Å². The number of nitrogens with zero attached hydrogens (tertiary/aromatic N) is 2. The standard InChI is InChI=1S/C13H14N4O.2C2H6/c1-9(3-5-14-2)17-12-8-15-7-11-10(12)4-6-16-13(11)18;2*1-2/h3,5,7-8,17H,1-2,4,6H2,(H,16,18);2*1-2H3/b5-3-;;. The predicted octanol–water partition coefficient (Wildman–Crippen LogP) is 3.56. The van der Waals surface area contributed by atoms with Crippen molar-refractivity contribution in [2.45, 2.75) is 34.1 Å². The molecule has 120 valence electrons. The molecule has 1 aromatic rings. The molecule has 2 heterocycles.